The third-order valence-corrected chi connectivity index (χ3v) is 8.92. The number of phenols is 2. The number of aliphatic hydroxyl groups is 4. The molecular formula is C37H52N5O8+. The molecule has 0 bridgehead atoms. The highest BCUT2D eigenvalue weighted by Gasteiger charge is 2.30. The molecule has 1 amide bonds. The van der Waals surface area contributed by atoms with Crippen LogP contribution in [0.1, 0.15) is 57.4 Å². The van der Waals surface area contributed by atoms with E-state index in [-0.39, 0.29) is 27.5 Å². The maximum atomic E-state index is 12.8. The first-order valence-electron chi connectivity index (χ1n) is 17.2. The maximum Gasteiger partial charge on any atom is 0.332 e. The van der Waals surface area contributed by atoms with Crippen molar-refractivity contribution in [2.75, 3.05) is 52.5 Å². The van der Waals surface area contributed by atoms with Crippen LogP contribution in [0, 0.1) is 18.8 Å². The van der Waals surface area contributed by atoms with Crippen molar-refractivity contribution in [1.29, 1.82) is 0 Å². The Morgan fingerprint density at radius 2 is 1.24 bits per heavy atom. The van der Waals surface area contributed by atoms with E-state index in [1.54, 1.807) is 6.07 Å². The zero-order chi connectivity index (χ0) is 36.2. The Labute approximate surface area is 293 Å². The monoisotopic (exact) mass is 694 g/mol. The molecule has 1 saturated heterocycles. The lowest BCUT2D eigenvalue weighted by Crippen LogP contribution is -2.37. The highest BCUT2D eigenvalue weighted by Crippen LogP contribution is 2.33. The number of aryl methyl sites for hydroxylation is 2. The molecule has 0 aliphatic carbocycles. The number of rotatable bonds is 12. The highest BCUT2D eigenvalue weighted by atomic mass is 16.4. The largest absolute Gasteiger partial charge is 0.507 e. The van der Waals surface area contributed by atoms with Crippen molar-refractivity contribution >= 4 is 11.6 Å². The highest BCUT2D eigenvalue weighted by molar-refractivity contribution is 5.97. The van der Waals surface area contributed by atoms with Gasteiger partial charge in [0.15, 0.2) is 5.75 Å². The Morgan fingerprint density at radius 1 is 0.740 bits per heavy atom. The molecule has 1 heterocycles. The van der Waals surface area contributed by atoms with Crippen LogP contribution >= 0.6 is 0 Å². The Hall–Kier alpha value is -3.95. The molecule has 1 fully saturated rings. The van der Waals surface area contributed by atoms with E-state index in [1.807, 2.05) is 44.2 Å². The fourth-order valence-corrected chi connectivity index (χ4v) is 6.47. The van der Waals surface area contributed by atoms with Gasteiger partial charge >= 0.3 is 11.9 Å². The van der Waals surface area contributed by atoms with Crippen molar-refractivity contribution in [1.82, 2.24) is 20.0 Å². The van der Waals surface area contributed by atoms with Crippen molar-refractivity contribution in [3.05, 3.63) is 92.9 Å². The van der Waals surface area contributed by atoms with Crippen molar-refractivity contribution in [2.45, 2.75) is 65.2 Å². The molecule has 2 atom stereocenters. The van der Waals surface area contributed by atoms with Gasteiger partial charge < -0.3 is 36.0 Å². The fourth-order valence-electron chi connectivity index (χ4n) is 6.47. The van der Waals surface area contributed by atoms with Crippen molar-refractivity contribution in [2.24, 2.45) is 0 Å². The van der Waals surface area contributed by atoms with E-state index >= 15 is 0 Å². The third-order valence-electron chi connectivity index (χ3n) is 8.92. The number of amides is 1. The van der Waals surface area contributed by atoms with Gasteiger partial charge in [0.25, 0.3) is 5.91 Å². The zero-order valence-electron chi connectivity index (χ0n) is 29.0. The first-order valence-corrected chi connectivity index (χ1v) is 17.2. The summed E-state index contributed by atoms with van der Waals surface area (Å²) in [7, 11) is 0. The van der Waals surface area contributed by atoms with E-state index in [4.69, 9.17) is 5.11 Å². The van der Waals surface area contributed by atoms with Gasteiger partial charge in [0, 0.05) is 41.7 Å². The number of phenolic OH excluding ortho intramolecular Hbond substituents is 2. The Kier molecular flexibility index (Phi) is 14.7. The second kappa shape index (κ2) is 18.9. The van der Waals surface area contributed by atoms with Crippen LogP contribution in [-0.4, -0.2) is 121 Å². The molecule has 3 aromatic rings. The van der Waals surface area contributed by atoms with Crippen molar-refractivity contribution < 1.29 is 40.2 Å². The molecule has 3 aromatic carbocycles. The van der Waals surface area contributed by atoms with E-state index in [1.165, 1.54) is 11.6 Å². The quantitative estimate of drug-likeness (QED) is 0.109. The maximum absolute atomic E-state index is 12.8. The summed E-state index contributed by atoms with van der Waals surface area (Å²) in [5.41, 5.74) is 3.82. The molecule has 272 valence electrons. The van der Waals surface area contributed by atoms with Crippen LogP contribution in [-0.2, 0) is 19.6 Å². The Bertz CT molecular complexity index is 1570. The lowest BCUT2D eigenvalue weighted by molar-refractivity contribution is -0.559. The zero-order valence-corrected chi connectivity index (χ0v) is 29.0. The summed E-state index contributed by atoms with van der Waals surface area (Å²) in [6.07, 6.45) is -0.580. The van der Waals surface area contributed by atoms with Gasteiger partial charge in [0.2, 0.25) is 0 Å². The molecule has 1 aliphatic rings. The average Bonchev–Trinajstić information content (AvgIpc) is 3.09. The average molecular weight is 695 g/mol. The fraction of sp³-hybridized carbons (Fsp3) is 0.486. The standard InChI is InChI=1S/C37H51N5O8/c1-26-17-29(35(47)31(19-26)37(49)38-33(45)24-43)22-40-13-6-11-39(21-28-9-4-3-5-10-28)12-7-14-41(16-8-15-40)23-30-18-27(2)20-32(36(30)48)42(50)34(46)25-44/h3-5,9-10,17-20,33-34,43-46H,6-8,11-16,21-25H2,1-2H3,(H2-,38,47,48,49,50)/p+1. The van der Waals surface area contributed by atoms with Gasteiger partial charge in [-0.1, -0.05) is 42.5 Å². The molecule has 50 heavy (non-hydrogen) atoms. The van der Waals surface area contributed by atoms with E-state index in [0.29, 0.717) is 37.3 Å². The summed E-state index contributed by atoms with van der Waals surface area (Å²) in [5, 5.41) is 62.7. The van der Waals surface area contributed by atoms with Crippen LogP contribution in [0.2, 0.25) is 0 Å². The first-order chi connectivity index (χ1) is 24.0. The summed E-state index contributed by atoms with van der Waals surface area (Å²) >= 11 is 0. The first kappa shape index (κ1) is 38.8. The number of nitroso groups, excluding NO2 is 1. The molecular weight excluding hydrogens is 642 g/mol. The van der Waals surface area contributed by atoms with Gasteiger partial charge in [-0.05, 0) is 95.1 Å². The molecule has 1 aliphatic heterocycles. The number of carbonyl (C=O) groups excluding carboxylic acids is 1. The number of nitrogens with one attached hydrogen (secondary N) is 1. The normalized spacial score (nSPS) is 17.0. The molecule has 7 N–H and O–H groups in total. The van der Waals surface area contributed by atoms with E-state index in [2.05, 4.69) is 32.1 Å². The lowest BCUT2D eigenvalue weighted by Gasteiger charge is -2.30. The van der Waals surface area contributed by atoms with E-state index in [0.717, 1.165) is 63.1 Å². The van der Waals surface area contributed by atoms with Crippen LogP contribution in [0.4, 0.5) is 5.69 Å². The van der Waals surface area contributed by atoms with Crippen LogP contribution < -0.4 is 5.32 Å². The molecule has 4 rings (SSSR count). The van der Waals surface area contributed by atoms with Crippen LogP contribution in [0.25, 0.3) is 0 Å². The number of carbonyl (C=O) groups is 1. The van der Waals surface area contributed by atoms with Gasteiger partial charge in [-0.3, -0.25) is 19.5 Å². The number of hydrogen-bond acceptors (Lipinski definition) is 11. The summed E-state index contributed by atoms with van der Waals surface area (Å²) in [6.45, 7) is 8.36. The third kappa shape index (κ3) is 11.0. The molecule has 2 unspecified atom stereocenters. The molecule has 13 nitrogen and oxygen atoms in total. The second-order valence-electron chi connectivity index (χ2n) is 13.1. The predicted molar refractivity (Wildman–Crippen MR) is 189 cm³/mol. The number of benzene rings is 3. The van der Waals surface area contributed by atoms with Gasteiger partial charge in [-0.25, -0.2) is 0 Å². The lowest BCUT2D eigenvalue weighted by atomic mass is 10.0. The molecule has 13 heteroatoms. The minimum absolute atomic E-state index is 0.0301. The van der Waals surface area contributed by atoms with Gasteiger partial charge in [-0.15, -0.1) is 0 Å². The van der Waals surface area contributed by atoms with Crippen LogP contribution in [0.15, 0.2) is 54.6 Å². The predicted octanol–water partition coefficient (Wildman–Crippen LogP) is 2.47. The van der Waals surface area contributed by atoms with E-state index in [9.17, 15) is 35.2 Å². The smallest absolute Gasteiger partial charge is 0.332 e. The number of nitrogens with zero attached hydrogens (tertiary/aromatic N) is 4. The van der Waals surface area contributed by atoms with E-state index < -0.39 is 31.6 Å². The SMILES string of the molecule is Cc1cc(CN2CCCN(Cc3ccccc3)CCCN(Cc3cc(C)cc([N+](=O)C(O)CO)c3O)CCC2)c(O)c(C(=O)NC(O)CO)c1. The molecule has 0 aromatic heterocycles. The Morgan fingerprint density at radius 3 is 1.76 bits per heavy atom. The van der Waals surface area contributed by atoms with Crippen LogP contribution in [0.5, 0.6) is 11.5 Å². The summed E-state index contributed by atoms with van der Waals surface area (Å²) in [6, 6.07) is 17.0. The molecule has 0 spiro atoms. The minimum atomic E-state index is -1.69. The summed E-state index contributed by atoms with van der Waals surface area (Å²) in [4.78, 5) is 32.4. The minimum Gasteiger partial charge on any atom is -0.507 e. The Balaban J connectivity index is 1.57. The number of aromatic hydroxyl groups is 2. The van der Waals surface area contributed by atoms with Crippen molar-refractivity contribution in [3.8, 4) is 11.5 Å². The molecule has 0 radical (unpaired) electrons. The number of hydrogen-bond donors (Lipinski definition) is 7. The van der Waals surface area contributed by atoms with Crippen molar-refractivity contribution in [3.63, 3.8) is 0 Å². The molecule has 0 saturated carbocycles. The number of aliphatic hydroxyl groups excluding tert-OH is 4. The summed E-state index contributed by atoms with van der Waals surface area (Å²) < 4.78 is 0.228. The van der Waals surface area contributed by atoms with Crippen LogP contribution in [0.3, 0.4) is 0 Å². The topological polar surface area (TPSA) is 180 Å². The van der Waals surface area contributed by atoms with Gasteiger partial charge in [-0.2, -0.15) is 0 Å². The van der Waals surface area contributed by atoms with Gasteiger partial charge in [0.05, 0.1) is 16.9 Å². The summed E-state index contributed by atoms with van der Waals surface area (Å²) in [5.74, 6) is -1.07. The second-order valence-corrected chi connectivity index (χ2v) is 13.1. The van der Waals surface area contributed by atoms with Gasteiger partial charge in [0.1, 0.15) is 18.6 Å².